The molecule has 236 valence electrons. The Kier molecular flexibility index (Phi) is 11.2. The van der Waals surface area contributed by atoms with Crippen molar-refractivity contribution in [3.63, 3.8) is 0 Å². The van der Waals surface area contributed by atoms with E-state index in [-0.39, 0.29) is 12.0 Å². The van der Waals surface area contributed by atoms with Gasteiger partial charge in [0.25, 0.3) is 0 Å². The third-order valence-corrected chi connectivity index (χ3v) is 10.9. The van der Waals surface area contributed by atoms with Gasteiger partial charge in [0.1, 0.15) is 5.82 Å². The van der Waals surface area contributed by atoms with Crippen LogP contribution in [0.25, 0.3) is 5.57 Å². The van der Waals surface area contributed by atoms with Gasteiger partial charge in [0, 0.05) is 56.9 Å². The van der Waals surface area contributed by atoms with Crippen molar-refractivity contribution in [2.24, 2.45) is 5.92 Å². The fraction of sp³-hybridized carbons (Fsp3) is 0.829. The highest BCUT2D eigenvalue weighted by molar-refractivity contribution is 5.76. The van der Waals surface area contributed by atoms with Gasteiger partial charge >= 0.3 is 0 Å². The van der Waals surface area contributed by atoms with E-state index in [1.54, 1.807) is 0 Å². The minimum absolute atomic E-state index is 0.0891. The van der Waals surface area contributed by atoms with Gasteiger partial charge in [0.2, 0.25) is 5.95 Å². The van der Waals surface area contributed by atoms with Gasteiger partial charge in [-0.25, -0.2) is 4.98 Å². The quantitative estimate of drug-likeness (QED) is 0.284. The second-order valence-electron chi connectivity index (χ2n) is 14.1. The first-order valence-electron chi connectivity index (χ1n) is 17.5. The van der Waals surface area contributed by atoms with Crippen molar-refractivity contribution in [2.75, 3.05) is 63.1 Å². The summed E-state index contributed by atoms with van der Waals surface area (Å²) in [6, 6.07) is 1.08. The molecule has 3 saturated heterocycles. The number of rotatable bonds is 11. The Bertz CT molecular complexity index is 1040. The first-order chi connectivity index (χ1) is 20.4. The molecule has 0 saturated carbocycles. The maximum absolute atomic E-state index is 6.28. The first kappa shape index (κ1) is 31.7. The van der Waals surface area contributed by atoms with Gasteiger partial charge in [-0.15, -0.1) is 0 Å². The highest BCUT2D eigenvalue weighted by Crippen LogP contribution is 2.44. The molecule has 1 aromatic heterocycles. The average Bonchev–Trinajstić information content (AvgIpc) is 3.02. The Morgan fingerprint density at radius 1 is 0.881 bits per heavy atom. The lowest BCUT2D eigenvalue weighted by atomic mass is 9.78. The fourth-order valence-corrected chi connectivity index (χ4v) is 7.91. The van der Waals surface area contributed by atoms with E-state index in [1.165, 1.54) is 93.4 Å². The Morgan fingerprint density at radius 2 is 1.55 bits per heavy atom. The summed E-state index contributed by atoms with van der Waals surface area (Å²) in [5.74, 6) is 2.91. The van der Waals surface area contributed by atoms with E-state index in [1.807, 2.05) is 7.11 Å². The van der Waals surface area contributed by atoms with Crippen LogP contribution in [0.15, 0.2) is 5.57 Å². The standard InChI is InChI=1S/C35H60N6O/c1-25(2)28(5)40-23-16-29(17-24-40)36-34-31-27(4)33(42-6)30(15-9-14-20-39-18-10-7-11-19-39)26(3)32(31)37-35(38-34)41-21-12-8-13-22-41/h25,27-29,33H,7-24H2,1-6H3,(H,36,37,38)/t27?,28-,33?/m1/s1. The normalized spacial score (nSPS) is 25.6. The first-order valence-corrected chi connectivity index (χ1v) is 17.5. The van der Waals surface area contributed by atoms with E-state index in [2.05, 4.69) is 54.6 Å². The molecule has 7 heteroatoms. The van der Waals surface area contributed by atoms with E-state index in [0.717, 1.165) is 57.2 Å². The van der Waals surface area contributed by atoms with Gasteiger partial charge in [-0.2, -0.15) is 4.98 Å². The predicted octanol–water partition coefficient (Wildman–Crippen LogP) is 6.95. The molecule has 1 aromatic rings. The third kappa shape index (κ3) is 7.32. The second-order valence-corrected chi connectivity index (χ2v) is 14.1. The molecule has 7 nitrogen and oxygen atoms in total. The summed E-state index contributed by atoms with van der Waals surface area (Å²) >= 11 is 0. The summed E-state index contributed by atoms with van der Waals surface area (Å²) in [5.41, 5.74) is 5.24. The third-order valence-electron chi connectivity index (χ3n) is 10.9. The summed E-state index contributed by atoms with van der Waals surface area (Å²) in [4.78, 5) is 18.4. The van der Waals surface area contributed by atoms with Crippen LogP contribution in [-0.2, 0) is 4.74 Å². The number of methoxy groups -OCH3 is 1. The average molecular weight is 581 g/mol. The number of likely N-dealkylation sites (tertiary alicyclic amines) is 2. The molecule has 3 fully saturated rings. The number of unbranched alkanes of at least 4 members (excludes halogenated alkanes) is 1. The van der Waals surface area contributed by atoms with Crippen molar-refractivity contribution in [3.05, 3.63) is 16.8 Å². The van der Waals surface area contributed by atoms with E-state index in [4.69, 9.17) is 14.7 Å². The second kappa shape index (κ2) is 14.9. The predicted molar refractivity (Wildman–Crippen MR) is 177 cm³/mol. The Labute approximate surface area is 256 Å². The Morgan fingerprint density at radius 3 is 2.19 bits per heavy atom. The molecular formula is C35H60N6O. The highest BCUT2D eigenvalue weighted by Gasteiger charge is 2.36. The lowest BCUT2D eigenvalue weighted by molar-refractivity contribution is 0.107. The maximum Gasteiger partial charge on any atom is 0.227 e. The SMILES string of the molecule is COC1C(CCCCN2CCCCC2)=C(C)c2nc(N3CCCCC3)nc(NC3CCN([C@H](C)C(C)C)CC3)c2C1C. The van der Waals surface area contributed by atoms with Crippen molar-refractivity contribution in [3.8, 4) is 0 Å². The zero-order valence-corrected chi connectivity index (χ0v) is 27.8. The molecule has 0 radical (unpaired) electrons. The van der Waals surface area contributed by atoms with Crippen LogP contribution in [0.4, 0.5) is 11.8 Å². The lowest BCUT2D eigenvalue weighted by Crippen LogP contribution is -2.45. The van der Waals surface area contributed by atoms with Crippen molar-refractivity contribution in [1.82, 2.24) is 19.8 Å². The lowest BCUT2D eigenvalue weighted by Gasteiger charge is -2.39. The number of nitrogens with zero attached hydrogens (tertiary/aromatic N) is 5. The van der Waals surface area contributed by atoms with Crippen LogP contribution in [0.5, 0.6) is 0 Å². The maximum atomic E-state index is 6.28. The number of allylic oxidation sites excluding steroid dienone is 1. The van der Waals surface area contributed by atoms with Gasteiger partial charge in [0.05, 0.1) is 11.8 Å². The van der Waals surface area contributed by atoms with Gasteiger partial charge in [-0.1, -0.05) is 27.2 Å². The minimum Gasteiger partial charge on any atom is -0.376 e. The zero-order chi connectivity index (χ0) is 29.6. The van der Waals surface area contributed by atoms with Crippen LogP contribution in [0.3, 0.4) is 0 Å². The van der Waals surface area contributed by atoms with Gasteiger partial charge < -0.3 is 24.8 Å². The van der Waals surface area contributed by atoms with Crippen molar-refractivity contribution >= 4 is 17.3 Å². The van der Waals surface area contributed by atoms with Crippen molar-refractivity contribution in [1.29, 1.82) is 0 Å². The summed E-state index contributed by atoms with van der Waals surface area (Å²) < 4.78 is 6.28. The van der Waals surface area contributed by atoms with Crippen LogP contribution in [0.2, 0.25) is 0 Å². The molecule has 3 atom stereocenters. The largest absolute Gasteiger partial charge is 0.376 e. The van der Waals surface area contributed by atoms with Gasteiger partial charge in [-0.3, -0.25) is 0 Å². The Hall–Kier alpha value is -1.70. The van der Waals surface area contributed by atoms with Gasteiger partial charge in [-0.05, 0) is 115 Å². The fourth-order valence-electron chi connectivity index (χ4n) is 7.91. The van der Waals surface area contributed by atoms with Crippen LogP contribution in [0, 0.1) is 5.92 Å². The van der Waals surface area contributed by atoms with E-state index in [0.29, 0.717) is 18.0 Å². The molecular weight excluding hydrogens is 520 g/mol. The van der Waals surface area contributed by atoms with Crippen LogP contribution < -0.4 is 10.2 Å². The van der Waals surface area contributed by atoms with Crippen LogP contribution in [-0.4, -0.2) is 90.9 Å². The van der Waals surface area contributed by atoms with Crippen LogP contribution >= 0.6 is 0 Å². The number of anilines is 2. The number of hydrogen-bond donors (Lipinski definition) is 1. The molecule has 42 heavy (non-hydrogen) atoms. The van der Waals surface area contributed by atoms with E-state index in [9.17, 15) is 0 Å². The van der Waals surface area contributed by atoms with E-state index >= 15 is 0 Å². The number of hydrogen-bond acceptors (Lipinski definition) is 7. The summed E-state index contributed by atoms with van der Waals surface area (Å²) in [7, 11) is 1.90. The number of nitrogens with one attached hydrogen (secondary N) is 1. The number of piperidine rings is 3. The molecule has 3 aliphatic heterocycles. The number of fused-ring (bicyclic) bond motifs is 1. The van der Waals surface area contributed by atoms with Crippen molar-refractivity contribution in [2.45, 2.75) is 129 Å². The molecule has 0 bridgehead atoms. The molecule has 4 heterocycles. The molecule has 0 spiro atoms. The minimum atomic E-state index is 0.0891. The number of aromatic nitrogens is 2. The number of ether oxygens (including phenoxy) is 1. The molecule has 0 aromatic carbocycles. The summed E-state index contributed by atoms with van der Waals surface area (Å²) in [6.07, 6.45) is 13.9. The van der Waals surface area contributed by atoms with Crippen molar-refractivity contribution < 1.29 is 4.74 Å². The molecule has 4 aliphatic rings. The highest BCUT2D eigenvalue weighted by atomic mass is 16.5. The molecule has 2 unspecified atom stereocenters. The van der Waals surface area contributed by atoms with Gasteiger partial charge in [0.15, 0.2) is 0 Å². The topological polar surface area (TPSA) is 56.8 Å². The zero-order valence-electron chi connectivity index (χ0n) is 27.8. The molecule has 1 N–H and O–H groups in total. The Balaban J connectivity index is 1.38. The molecule has 1 aliphatic carbocycles. The monoisotopic (exact) mass is 580 g/mol. The van der Waals surface area contributed by atoms with E-state index < -0.39 is 0 Å². The molecule has 5 rings (SSSR count). The van der Waals surface area contributed by atoms with Crippen LogP contribution in [0.1, 0.15) is 122 Å². The summed E-state index contributed by atoms with van der Waals surface area (Å²) in [5, 5.41) is 3.99. The smallest absolute Gasteiger partial charge is 0.227 e. The molecule has 0 amide bonds. The summed E-state index contributed by atoms with van der Waals surface area (Å²) in [6.45, 7) is 20.0.